The summed E-state index contributed by atoms with van der Waals surface area (Å²) in [5.41, 5.74) is 1.38. The summed E-state index contributed by atoms with van der Waals surface area (Å²) in [7, 11) is 0. The minimum absolute atomic E-state index is 0.148. The van der Waals surface area contributed by atoms with E-state index in [9.17, 15) is 0 Å². The quantitative estimate of drug-likeness (QED) is 0.640. The lowest BCUT2D eigenvalue weighted by Gasteiger charge is -2.11. The molecule has 6 heteroatoms. The van der Waals surface area contributed by atoms with Gasteiger partial charge in [0.25, 0.3) is 0 Å². The third kappa shape index (κ3) is 3.14. The fourth-order valence-corrected chi connectivity index (χ4v) is 3.00. The highest BCUT2D eigenvalue weighted by molar-refractivity contribution is 6.37. The normalized spacial score (nSPS) is 11.1. The van der Waals surface area contributed by atoms with Gasteiger partial charge in [-0.15, -0.1) is 0 Å². The third-order valence-electron chi connectivity index (χ3n) is 2.60. The molecule has 0 aliphatic carbocycles. The summed E-state index contributed by atoms with van der Waals surface area (Å²) in [5.74, 6) is 0.538. The van der Waals surface area contributed by atoms with Gasteiger partial charge in [0.15, 0.2) is 5.82 Å². The highest BCUT2D eigenvalue weighted by atomic mass is 35.5. The van der Waals surface area contributed by atoms with Crippen molar-refractivity contribution in [1.29, 1.82) is 0 Å². The average molecular weight is 336 g/mol. The van der Waals surface area contributed by atoms with Crippen LogP contribution in [0.5, 0.6) is 0 Å². The Morgan fingerprint density at radius 2 is 1.53 bits per heavy atom. The van der Waals surface area contributed by atoms with E-state index in [2.05, 4.69) is 9.97 Å². The van der Waals surface area contributed by atoms with Crippen LogP contribution in [0.3, 0.4) is 0 Å². The summed E-state index contributed by atoms with van der Waals surface area (Å²) in [6, 6.07) is 5.08. The Morgan fingerprint density at radius 1 is 0.947 bits per heavy atom. The summed E-state index contributed by atoms with van der Waals surface area (Å²) in [6.07, 6.45) is 0. The molecule has 0 unspecified atom stereocenters. The van der Waals surface area contributed by atoms with Crippen molar-refractivity contribution in [2.75, 3.05) is 0 Å². The molecule has 0 bridgehead atoms. The van der Waals surface area contributed by atoms with E-state index in [1.54, 1.807) is 18.2 Å². The molecule has 1 aromatic heterocycles. The maximum atomic E-state index is 6.16. The smallest absolute Gasteiger partial charge is 0.164 e. The highest BCUT2D eigenvalue weighted by Crippen LogP contribution is 2.34. The van der Waals surface area contributed by atoms with Crippen molar-refractivity contribution in [3.63, 3.8) is 0 Å². The largest absolute Gasteiger partial charge is 0.216 e. The van der Waals surface area contributed by atoms with Crippen molar-refractivity contribution in [3.05, 3.63) is 44.1 Å². The molecular formula is C13H10Cl4N2. The zero-order valence-electron chi connectivity index (χ0n) is 10.2. The van der Waals surface area contributed by atoms with Crippen molar-refractivity contribution in [1.82, 2.24) is 9.97 Å². The minimum atomic E-state index is 0.148. The fourth-order valence-electron chi connectivity index (χ4n) is 1.68. The van der Waals surface area contributed by atoms with Gasteiger partial charge in [0.05, 0.1) is 5.02 Å². The molecule has 0 amide bonds. The standard InChI is InChI=1S/C13H10Cl4N2/c1-6(2)10-11(16)18-13(19-12(10)17)8-4-3-7(14)5-9(8)15/h3-6H,1-2H3. The summed E-state index contributed by atoms with van der Waals surface area (Å²) in [6.45, 7) is 3.96. The first kappa shape index (κ1) is 14.9. The summed E-state index contributed by atoms with van der Waals surface area (Å²) in [5, 5.41) is 1.69. The molecule has 0 aliphatic rings. The van der Waals surface area contributed by atoms with Gasteiger partial charge in [-0.2, -0.15) is 0 Å². The zero-order chi connectivity index (χ0) is 14.2. The topological polar surface area (TPSA) is 25.8 Å². The first-order chi connectivity index (χ1) is 8.90. The Labute approximate surface area is 131 Å². The second kappa shape index (κ2) is 5.84. The summed E-state index contributed by atoms with van der Waals surface area (Å²) < 4.78 is 0. The molecule has 2 nitrogen and oxygen atoms in total. The molecule has 2 rings (SSSR count). The van der Waals surface area contributed by atoms with Crippen LogP contribution in [0.25, 0.3) is 11.4 Å². The number of hydrogen-bond donors (Lipinski definition) is 0. The molecule has 0 fully saturated rings. The van der Waals surface area contributed by atoms with Gasteiger partial charge in [-0.25, -0.2) is 9.97 Å². The molecule has 1 heterocycles. The van der Waals surface area contributed by atoms with Crippen molar-refractivity contribution < 1.29 is 0 Å². The zero-order valence-corrected chi connectivity index (χ0v) is 13.2. The number of benzene rings is 1. The molecule has 100 valence electrons. The molecule has 0 radical (unpaired) electrons. The second-order valence-corrected chi connectivity index (χ2v) is 5.88. The number of nitrogens with zero attached hydrogens (tertiary/aromatic N) is 2. The van der Waals surface area contributed by atoms with Crippen LogP contribution in [-0.2, 0) is 0 Å². The molecule has 0 N–H and O–H groups in total. The Hall–Kier alpha value is -0.540. The van der Waals surface area contributed by atoms with Gasteiger partial charge >= 0.3 is 0 Å². The first-order valence-electron chi connectivity index (χ1n) is 5.58. The molecule has 0 spiro atoms. The third-order valence-corrected chi connectivity index (χ3v) is 3.73. The molecule has 0 saturated heterocycles. The van der Waals surface area contributed by atoms with Crippen LogP contribution < -0.4 is 0 Å². The first-order valence-corrected chi connectivity index (χ1v) is 7.09. The Morgan fingerprint density at radius 3 is 2.00 bits per heavy atom. The lowest BCUT2D eigenvalue weighted by atomic mass is 10.1. The average Bonchev–Trinajstić information content (AvgIpc) is 2.26. The van der Waals surface area contributed by atoms with Crippen molar-refractivity contribution in [2.24, 2.45) is 0 Å². The van der Waals surface area contributed by atoms with E-state index in [0.29, 0.717) is 31.7 Å². The highest BCUT2D eigenvalue weighted by Gasteiger charge is 2.16. The molecule has 0 atom stereocenters. The van der Waals surface area contributed by atoms with E-state index < -0.39 is 0 Å². The number of aromatic nitrogens is 2. The van der Waals surface area contributed by atoms with E-state index in [4.69, 9.17) is 46.4 Å². The van der Waals surface area contributed by atoms with Crippen LogP contribution in [0.15, 0.2) is 18.2 Å². The van der Waals surface area contributed by atoms with Crippen LogP contribution in [0, 0.1) is 0 Å². The molecule has 19 heavy (non-hydrogen) atoms. The minimum Gasteiger partial charge on any atom is -0.216 e. The van der Waals surface area contributed by atoms with Crippen LogP contribution in [0.2, 0.25) is 20.4 Å². The fraction of sp³-hybridized carbons (Fsp3) is 0.231. The summed E-state index contributed by atoms with van der Waals surface area (Å²) in [4.78, 5) is 8.52. The molecule has 0 saturated carbocycles. The van der Waals surface area contributed by atoms with Crippen molar-refractivity contribution in [2.45, 2.75) is 19.8 Å². The predicted octanol–water partition coefficient (Wildman–Crippen LogP) is 5.88. The van der Waals surface area contributed by atoms with Gasteiger partial charge in [0.2, 0.25) is 0 Å². The van der Waals surface area contributed by atoms with Crippen LogP contribution in [0.4, 0.5) is 0 Å². The van der Waals surface area contributed by atoms with Crippen LogP contribution >= 0.6 is 46.4 Å². The second-order valence-electron chi connectivity index (χ2n) is 4.32. The van der Waals surface area contributed by atoms with Gasteiger partial charge < -0.3 is 0 Å². The van der Waals surface area contributed by atoms with Gasteiger partial charge in [0.1, 0.15) is 10.3 Å². The SMILES string of the molecule is CC(C)c1c(Cl)nc(-c2ccc(Cl)cc2Cl)nc1Cl. The van der Waals surface area contributed by atoms with E-state index >= 15 is 0 Å². The van der Waals surface area contributed by atoms with E-state index in [1.807, 2.05) is 13.8 Å². The Kier molecular flexibility index (Phi) is 4.57. The van der Waals surface area contributed by atoms with Gasteiger partial charge in [-0.1, -0.05) is 60.3 Å². The molecular weight excluding hydrogens is 326 g/mol. The van der Waals surface area contributed by atoms with Crippen LogP contribution in [-0.4, -0.2) is 9.97 Å². The van der Waals surface area contributed by atoms with E-state index in [1.165, 1.54) is 0 Å². The Bertz CT molecular complexity index is 603. The van der Waals surface area contributed by atoms with Gasteiger partial charge in [-0.05, 0) is 24.1 Å². The Balaban J connectivity index is 2.58. The maximum Gasteiger partial charge on any atom is 0.164 e. The number of rotatable bonds is 2. The van der Waals surface area contributed by atoms with Crippen molar-refractivity contribution in [3.8, 4) is 11.4 Å². The maximum absolute atomic E-state index is 6.16. The lowest BCUT2D eigenvalue weighted by Crippen LogP contribution is -1.99. The van der Waals surface area contributed by atoms with Gasteiger partial charge in [-0.3, -0.25) is 0 Å². The molecule has 2 aromatic rings. The lowest BCUT2D eigenvalue weighted by molar-refractivity contribution is 0.848. The monoisotopic (exact) mass is 334 g/mol. The molecule has 0 aliphatic heterocycles. The van der Waals surface area contributed by atoms with Gasteiger partial charge in [0, 0.05) is 16.1 Å². The van der Waals surface area contributed by atoms with E-state index in [0.717, 1.165) is 5.56 Å². The van der Waals surface area contributed by atoms with Crippen molar-refractivity contribution >= 4 is 46.4 Å². The number of halogens is 4. The van der Waals surface area contributed by atoms with Crippen LogP contribution in [0.1, 0.15) is 25.3 Å². The molecule has 1 aromatic carbocycles. The predicted molar refractivity (Wildman–Crippen MR) is 81.6 cm³/mol. The van der Waals surface area contributed by atoms with E-state index in [-0.39, 0.29) is 5.92 Å². The number of hydrogen-bond acceptors (Lipinski definition) is 2. The summed E-state index contributed by atoms with van der Waals surface area (Å²) >= 11 is 24.3.